The molecule has 1 aromatic rings. The van der Waals surface area contributed by atoms with Crippen LogP contribution in [0.4, 0.5) is 0 Å². The summed E-state index contributed by atoms with van der Waals surface area (Å²) in [4.78, 5) is 16.5. The van der Waals surface area contributed by atoms with Crippen molar-refractivity contribution in [3.05, 3.63) is 29.6 Å². The Hall–Kier alpha value is -1.18. The molecule has 2 nitrogen and oxygen atoms in total. The van der Waals surface area contributed by atoms with Crippen molar-refractivity contribution in [3.63, 3.8) is 0 Å². The van der Waals surface area contributed by atoms with Crippen LogP contribution in [0.5, 0.6) is 0 Å². The number of nitrogens with zero attached hydrogens (tertiary/aromatic N) is 1. The van der Waals surface area contributed by atoms with E-state index in [2.05, 4.69) is 11.9 Å². The Morgan fingerprint density at radius 2 is 2.06 bits per heavy atom. The van der Waals surface area contributed by atoms with E-state index < -0.39 is 0 Å². The number of aromatic nitrogens is 1. The fraction of sp³-hybridized carbons (Fsp3) is 0.600. The topological polar surface area (TPSA) is 30.0 Å². The Bertz CT molecular complexity index is 392. The molecular weight excluding hydrogens is 210 g/mol. The molecule has 0 spiro atoms. The minimum absolute atomic E-state index is 0.215. The van der Waals surface area contributed by atoms with Crippen molar-refractivity contribution in [2.45, 2.75) is 46.0 Å². The quantitative estimate of drug-likeness (QED) is 0.741. The number of hydrogen-bond donors (Lipinski definition) is 0. The molecule has 0 aliphatic heterocycles. The first-order chi connectivity index (χ1) is 8.20. The van der Waals surface area contributed by atoms with Crippen molar-refractivity contribution in [3.8, 4) is 0 Å². The van der Waals surface area contributed by atoms with E-state index >= 15 is 0 Å². The van der Waals surface area contributed by atoms with E-state index in [1.807, 2.05) is 19.1 Å². The van der Waals surface area contributed by atoms with Crippen LogP contribution in [0.1, 0.15) is 55.1 Å². The molecule has 0 bridgehead atoms. The molecule has 1 saturated carbocycles. The first-order valence-corrected chi connectivity index (χ1v) is 6.67. The number of aryl methyl sites for hydroxylation is 1. The third-order valence-electron chi connectivity index (χ3n) is 3.96. The van der Waals surface area contributed by atoms with Crippen molar-refractivity contribution >= 4 is 5.78 Å². The molecule has 0 radical (unpaired) electrons. The van der Waals surface area contributed by atoms with Gasteiger partial charge in [-0.3, -0.25) is 9.78 Å². The third kappa shape index (κ3) is 2.93. The average Bonchev–Trinajstić information content (AvgIpc) is 2.38. The molecule has 1 aliphatic carbocycles. The van der Waals surface area contributed by atoms with Crippen molar-refractivity contribution in [2.24, 2.45) is 11.8 Å². The maximum Gasteiger partial charge on any atom is 0.184 e. The Balaban J connectivity index is 2.02. The highest BCUT2D eigenvalue weighted by Crippen LogP contribution is 2.32. The molecule has 2 heteroatoms. The number of hydrogen-bond acceptors (Lipinski definition) is 2. The lowest BCUT2D eigenvalue weighted by atomic mass is 9.78. The largest absolute Gasteiger partial charge is 0.292 e. The van der Waals surface area contributed by atoms with E-state index in [1.165, 1.54) is 19.3 Å². The molecule has 92 valence electrons. The van der Waals surface area contributed by atoms with Gasteiger partial charge in [-0.25, -0.2) is 0 Å². The van der Waals surface area contributed by atoms with Crippen molar-refractivity contribution in [1.82, 2.24) is 4.98 Å². The maximum atomic E-state index is 12.3. The van der Waals surface area contributed by atoms with Gasteiger partial charge in [-0.15, -0.1) is 0 Å². The summed E-state index contributed by atoms with van der Waals surface area (Å²) < 4.78 is 0. The van der Waals surface area contributed by atoms with Crippen LogP contribution in [0.15, 0.2) is 18.3 Å². The molecule has 1 heterocycles. The Morgan fingerprint density at radius 3 is 2.65 bits per heavy atom. The molecule has 0 unspecified atom stereocenters. The highest BCUT2D eigenvalue weighted by Gasteiger charge is 2.26. The lowest BCUT2D eigenvalue weighted by Crippen LogP contribution is -2.22. The smallest absolute Gasteiger partial charge is 0.184 e. The summed E-state index contributed by atoms with van der Waals surface area (Å²) in [7, 11) is 0. The fourth-order valence-corrected chi connectivity index (χ4v) is 2.71. The molecule has 2 rings (SSSR count). The number of rotatable bonds is 3. The van der Waals surface area contributed by atoms with Gasteiger partial charge in [0, 0.05) is 12.1 Å². The van der Waals surface area contributed by atoms with E-state index in [0.717, 1.165) is 24.3 Å². The molecule has 0 N–H and O–H groups in total. The van der Waals surface area contributed by atoms with E-state index in [0.29, 0.717) is 5.69 Å². The van der Waals surface area contributed by atoms with Gasteiger partial charge in [0.05, 0.1) is 0 Å². The Morgan fingerprint density at radius 1 is 1.35 bits per heavy atom. The van der Waals surface area contributed by atoms with Gasteiger partial charge in [0.25, 0.3) is 0 Å². The van der Waals surface area contributed by atoms with E-state index in [9.17, 15) is 4.79 Å². The van der Waals surface area contributed by atoms with Crippen molar-refractivity contribution < 1.29 is 4.79 Å². The first kappa shape index (κ1) is 12.3. The minimum atomic E-state index is 0.215. The molecule has 0 saturated heterocycles. The molecular formula is C15H21NO. The third-order valence-corrected chi connectivity index (χ3v) is 3.96. The van der Waals surface area contributed by atoms with E-state index in [4.69, 9.17) is 0 Å². The van der Waals surface area contributed by atoms with Crippen LogP contribution in [0.2, 0.25) is 0 Å². The first-order valence-electron chi connectivity index (χ1n) is 6.67. The monoisotopic (exact) mass is 231 g/mol. The van der Waals surface area contributed by atoms with Gasteiger partial charge >= 0.3 is 0 Å². The summed E-state index contributed by atoms with van der Waals surface area (Å²) in [6.45, 7) is 4.25. The van der Waals surface area contributed by atoms with Crippen molar-refractivity contribution in [1.29, 1.82) is 0 Å². The fourth-order valence-electron chi connectivity index (χ4n) is 2.71. The number of carbonyl (C=O) groups excluding carboxylic acids is 1. The summed E-state index contributed by atoms with van der Waals surface area (Å²) in [6.07, 6.45) is 7.50. The van der Waals surface area contributed by atoms with Gasteiger partial charge in [0.15, 0.2) is 5.78 Å². The minimum Gasteiger partial charge on any atom is -0.292 e. The molecule has 0 amide bonds. The van der Waals surface area contributed by atoms with Crippen LogP contribution in [0.25, 0.3) is 0 Å². The lowest BCUT2D eigenvalue weighted by Gasteiger charge is -2.26. The van der Waals surface area contributed by atoms with Crippen LogP contribution in [-0.2, 0) is 0 Å². The second-order valence-electron chi connectivity index (χ2n) is 5.21. The van der Waals surface area contributed by atoms with Gasteiger partial charge < -0.3 is 0 Å². The lowest BCUT2D eigenvalue weighted by molar-refractivity contribution is 0.0865. The van der Waals surface area contributed by atoms with Gasteiger partial charge in [0.2, 0.25) is 0 Å². The van der Waals surface area contributed by atoms with Crippen LogP contribution >= 0.6 is 0 Å². The summed E-state index contributed by atoms with van der Waals surface area (Å²) in [5, 5.41) is 0. The molecule has 1 aromatic heterocycles. The predicted octanol–water partition coefficient (Wildman–Crippen LogP) is 3.79. The Kier molecular flexibility index (Phi) is 3.93. The number of Topliss-reactive ketones (excluding diaryl/α,β-unsaturated/α-hetero) is 1. The molecule has 0 atom stereocenters. The molecule has 0 aromatic carbocycles. The van der Waals surface area contributed by atoms with Gasteiger partial charge in [0.1, 0.15) is 5.69 Å². The second kappa shape index (κ2) is 5.44. The van der Waals surface area contributed by atoms with Crippen LogP contribution in [0, 0.1) is 18.8 Å². The number of ketones is 1. The number of carbonyl (C=O) groups is 1. The maximum absolute atomic E-state index is 12.3. The Labute approximate surface area is 103 Å². The zero-order chi connectivity index (χ0) is 12.3. The zero-order valence-electron chi connectivity index (χ0n) is 10.8. The van der Waals surface area contributed by atoms with Gasteiger partial charge in [-0.05, 0) is 56.2 Å². The summed E-state index contributed by atoms with van der Waals surface area (Å²) in [5.74, 6) is 1.31. The SMILES string of the molecule is CCC1CCC(C(=O)c2cc(C)ccn2)CC1. The summed E-state index contributed by atoms with van der Waals surface area (Å²) in [5.41, 5.74) is 1.77. The standard InChI is InChI=1S/C15H21NO/c1-3-12-4-6-13(7-5-12)15(17)14-10-11(2)8-9-16-14/h8-10,12-13H,3-7H2,1-2H3. The highest BCUT2D eigenvalue weighted by molar-refractivity contribution is 5.96. The van der Waals surface area contributed by atoms with Crippen LogP contribution < -0.4 is 0 Å². The molecule has 1 fully saturated rings. The second-order valence-corrected chi connectivity index (χ2v) is 5.21. The zero-order valence-corrected chi connectivity index (χ0v) is 10.8. The summed E-state index contributed by atoms with van der Waals surface area (Å²) in [6, 6.07) is 3.85. The highest BCUT2D eigenvalue weighted by atomic mass is 16.1. The van der Waals surface area contributed by atoms with Crippen LogP contribution in [0.3, 0.4) is 0 Å². The van der Waals surface area contributed by atoms with E-state index in [1.54, 1.807) is 6.20 Å². The average molecular weight is 231 g/mol. The molecule has 1 aliphatic rings. The number of pyridine rings is 1. The van der Waals surface area contributed by atoms with Gasteiger partial charge in [-0.2, -0.15) is 0 Å². The predicted molar refractivity (Wildman–Crippen MR) is 69.0 cm³/mol. The van der Waals surface area contributed by atoms with E-state index in [-0.39, 0.29) is 11.7 Å². The van der Waals surface area contributed by atoms with Gasteiger partial charge in [-0.1, -0.05) is 13.3 Å². The van der Waals surface area contributed by atoms with Crippen molar-refractivity contribution in [2.75, 3.05) is 0 Å². The normalized spacial score (nSPS) is 24.6. The van der Waals surface area contributed by atoms with Crippen LogP contribution in [-0.4, -0.2) is 10.8 Å². The summed E-state index contributed by atoms with van der Waals surface area (Å²) >= 11 is 0. The molecule has 17 heavy (non-hydrogen) atoms.